The van der Waals surface area contributed by atoms with E-state index in [0.29, 0.717) is 25.4 Å². The van der Waals surface area contributed by atoms with Gasteiger partial charge in [0.1, 0.15) is 5.75 Å². The zero-order chi connectivity index (χ0) is 16.8. The van der Waals surface area contributed by atoms with Gasteiger partial charge in [-0.2, -0.15) is 0 Å². The van der Waals surface area contributed by atoms with Crippen LogP contribution in [0.5, 0.6) is 5.75 Å². The van der Waals surface area contributed by atoms with Crippen LogP contribution < -0.4 is 0 Å². The fraction of sp³-hybridized carbons (Fsp3) is 0.200. The molecule has 0 bridgehead atoms. The van der Waals surface area contributed by atoms with Crippen LogP contribution in [0.2, 0.25) is 0 Å². The van der Waals surface area contributed by atoms with Crippen molar-refractivity contribution in [3.05, 3.63) is 89.5 Å². The Morgan fingerprint density at radius 3 is 2.33 bits per heavy atom. The highest BCUT2D eigenvalue weighted by Gasteiger charge is 2.12. The summed E-state index contributed by atoms with van der Waals surface area (Å²) >= 11 is 0. The molecule has 3 rings (SSSR count). The number of phenols is 1. The van der Waals surface area contributed by atoms with Crippen LogP contribution in [-0.4, -0.2) is 20.0 Å². The first-order chi connectivity index (χ1) is 11.7. The summed E-state index contributed by atoms with van der Waals surface area (Å²) in [6, 6.07) is 19.4. The predicted molar refractivity (Wildman–Crippen MR) is 94.3 cm³/mol. The average molecular weight is 319 g/mol. The normalized spacial score (nSPS) is 10.9. The van der Waals surface area contributed by atoms with Crippen molar-refractivity contribution in [2.45, 2.75) is 26.6 Å². The third-order valence-electron chi connectivity index (χ3n) is 3.83. The lowest BCUT2D eigenvalue weighted by Crippen LogP contribution is -2.23. The molecule has 122 valence electrons. The molecule has 2 heterocycles. The number of aromatic nitrogens is 2. The lowest BCUT2D eigenvalue weighted by molar-refractivity contribution is 0.238. The van der Waals surface area contributed by atoms with Crippen LogP contribution in [0.4, 0.5) is 0 Å². The van der Waals surface area contributed by atoms with E-state index >= 15 is 0 Å². The van der Waals surface area contributed by atoms with Gasteiger partial charge >= 0.3 is 0 Å². The molecule has 0 unspecified atom stereocenters. The summed E-state index contributed by atoms with van der Waals surface area (Å²) in [5.74, 6) is 0.320. The maximum absolute atomic E-state index is 10.1. The molecule has 0 atom stereocenters. The number of pyridine rings is 2. The van der Waals surface area contributed by atoms with E-state index in [1.165, 1.54) is 0 Å². The summed E-state index contributed by atoms with van der Waals surface area (Å²) in [5, 5.41) is 10.1. The van der Waals surface area contributed by atoms with E-state index in [9.17, 15) is 5.11 Å². The van der Waals surface area contributed by atoms with Crippen LogP contribution in [0.15, 0.2) is 66.9 Å². The SMILES string of the molecule is Cc1cccc(CN(Cc2ccccn2)Cc2ccccc2O)n1. The van der Waals surface area contributed by atoms with Crippen LogP contribution in [0.1, 0.15) is 22.6 Å². The van der Waals surface area contributed by atoms with Gasteiger partial charge in [0.15, 0.2) is 0 Å². The highest BCUT2D eigenvalue weighted by molar-refractivity contribution is 5.31. The van der Waals surface area contributed by atoms with Gasteiger partial charge in [-0.1, -0.05) is 30.3 Å². The van der Waals surface area contributed by atoms with E-state index in [0.717, 1.165) is 22.6 Å². The zero-order valence-electron chi connectivity index (χ0n) is 13.8. The molecule has 0 radical (unpaired) electrons. The number of benzene rings is 1. The van der Waals surface area contributed by atoms with Crippen molar-refractivity contribution in [2.24, 2.45) is 0 Å². The van der Waals surface area contributed by atoms with Crippen LogP contribution in [0.3, 0.4) is 0 Å². The summed E-state index contributed by atoms with van der Waals surface area (Å²) in [7, 11) is 0. The van der Waals surface area contributed by atoms with E-state index in [1.54, 1.807) is 12.3 Å². The largest absolute Gasteiger partial charge is 0.508 e. The summed E-state index contributed by atoms with van der Waals surface area (Å²) in [5.41, 5.74) is 3.93. The quantitative estimate of drug-likeness (QED) is 0.753. The number of phenolic OH excluding ortho intramolecular Hbond substituents is 1. The summed E-state index contributed by atoms with van der Waals surface area (Å²) in [6.07, 6.45) is 1.80. The van der Waals surface area contributed by atoms with Gasteiger partial charge in [0, 0.05) is 37.1 Å². The zero-order valence-corrected chi connectivity index (χ0v) is 13.8. The van der Waals surface area contributed by atoms with Crippen LogP contribution in [0, 0.1) is 6.92 Å². The molecule has 0 saturated heterocycles. The summed E-state index contributed by atoms with van der Waals surface area (Å²) in [6.45, 7) is 4.03. The maximum Gasteiger partial charge on any atom is 0.120 e. The molecule has 4 heteroatoms. The van der Waals surface area contributed by atoms with Gasteiger partial charge < -0.3 is 5.11 Å². The first-order valence-electron chi connectivity index (χ1n) is 8.02. The Hall–Kier alpha value is -2.72. The Morgan fingerprint density at radius 2 is 1.58 bits per heavy atom. The molecule has 4 nitrogen and oxygen atoms in total. The minimum Gasteiger partial charge on any atom is -0.508 e. The smallest absolute Gasteiger partial charge is 0.120 e. The molecular weight excluding hydrogens is 298 g/mol. The number of hydrogen-bond acceptors (Lipinski definition) is 4. The Bertz CT molecular complexity index is 790. The molecule has 24 heavy (non-hydrogen) atoms. The van der Waals surface area contributed by atoms with E-state index in [-0.39, 0.29) is 0 Å². The third kappa shape index (κ3) is 4.40. The van der Waals surface area contributed by atoms with Crippen molar-refractivity contribution >= 4 is 0 Å². The van der Waals surface area contributed by atoms with Crippen molar-refractivity contribution in [3.63, 3.8) is 0 Å². The summed E-state index contributed by atoms with van der Waals surface area (Å²) < 4.78 is 0. The number of para-hydroxylation sites is 1. The highest BCUT2D eigenvalue weighted by Crippen LogP contribution is 2.20. The molecule has 0 aliphatic rings. The van der Waals surface area contributed by atoms with Crippen molar-refractivity contribution < 1.29 is 5.11 Å². The fourth-order valence-corrected chi connectivity index (χ4v) is 2.69. The van der Waals surface area contributed by atoms with Crippen LogP contribution in [-0.2, 0) is 19.6 Å². The van der Waals surface area contributed by atoms with Gasteiger partial charge in [0.25, 0.3) is 0 Å². The second-order valence-corrected chi connectivity index (χ2v) is 5.87. The monoisotopic (exact) mass is 319 g/mol. The molecule has 3 aromatic rings. The van der Waals surface area contributed by atoms with Crippen molar-refractivity contribution in [2.75, 3.05) is 0 Å². The lowest BCUT2D eigenvalue weighted by atomic mass is 10.1. The average Bonchev–Trinajstić information content (AvgIpc) is 2.58. The first-order valence-corrected chi connectivity index (χ1v) is 8.02. The minimum atomic E-state index is 0.320. The number of aryl methyl sites for hydroxylation is 1. The second kappa shape index (κ2) is 7.70. The van der Waals surface area contributed by atoms with Gasteiger partial charge in [0.2, 0.25) is 0 Å². The molecule has 2 aromatic heterocycles. The van der Waals surface area contributed by atoms with Crippen molar-refractivity contribution in [1.82, 2.24) is 14.9 Å². The molecule has 0 fully saturated rings. The number of nitrogens with zero attached hydrogens (tertiary/aromatic N) is 3. The van der Waals surface area contributed by atoms with E-state index in [2.05, 4.69) is 14.9 Å². The maximum atomic E-state index is 10.1. The Kier molecular flexibility index (Phi) is 5.18. The second-order valence-electron chi connectivity index (χ2n) is 5.87. The molecule has 0 aliphatic carbocycles. The van der Waals surface area contributed by atoms with Gasteiger partial charge in [-0.05, 0) is 37.3 Å². The van der Waals surface area contributed by atoms with Gasteiger partial charge in [-0.3, -0.25) is 14.9 Å². The predicted octanol–water partition coefficient (Wildman–Crippen LogP) is 3.69. The third-order valence-corrected chi connectivity index (χ3v) is 3.83. The molecule has 0 saturated carbocycles. The Morgan fingerprint density at radius 1 is 0.833 bits per heavy atom. The van der Waals surface area contributed by atoms with Crippen molar-refractivity contribution in [3.8, 4) is 5.75 Å². The molecule has 1 N–H and O–H groups in total. The molecule has 0 amide bonds. The van der Waals surface area contributed by atoms with Crippen molar-refractivity contribution in [1.29, 1.82) is 0 Å². The molecule has 0 aliphatic heterocycles. The highest BCUT2D eigenvalue weighted by atomic mass is 16.3. The Labute approximate surface area is 142 Å². The molecular formula is C20H21N3O. The van der Waals surface area contributed by atoms with E-state index in [1.807, 2.05) is 61.5 Å². The molecule has 0 spiro atoms. The lowest BCUT2D eigenvalue weighted by Gasteiger charge is -2.22. The van der Waals surface area contributed by atoms with Gasteiger partial charge in [-0.15, -0.1) is 0 Å². The topological polar surface area (TPSA) is 49.2 Å². The van der Waals surface area contributed by atoms with E-state index in [4.69, 9.17) is 0 Å². The number of aromatic hydroxyl groups is 1. The van der Waals surface area contributed by atoms with Gasteiger partial charge in [-0.25, -0.2) is 0 Å². The first kappa shape index (κ1) is 16.1. The van der Waals surface area contributed by atoms with Crippen LogP contribution in [0.25, 0.3) is 0 Å². The summed E-state index contributed by atoms with van der Waals surface area (Å²) in [4.78, 5) is 11.2. The van der Waals surface area contributed by atoms with E-state index < -0.39 is 0 Å². The number of rotatable bonds is 6. The Balaban J connectivity index is 1.81. The van der Waals surface area contributed by atoms with Gasteiger partial charge in [0.05, 0.1) is 11.4 Å². The minimum absolute atomic E-state index is 0.320. The standard InChI is InChI=1S/C20H21N3O/c1-16-7-6-10-19(22-16)15-23(14-18-9-4-5-12-21-18)13-17-8-2-3-11-20(17)24/h2-12,24H,13-15H2,1H3. The van der Waals surface area contributed by atoms with Crippen LogP contribution >= 0.6 is 0 Å². The molecule has 1 aromatic carbocycles. The fourth-order valence-electron chi connectivity index (χ4n) is 2.69. The number of hydrogen-bond donors (Lipinski definition) is 1.